The van der Waals surface area contributed by atoms with Crippen LogP contribution in [0, 0.1) is 13.8 Å². The lowest BCUT2D eigenvalue weighted by Gasteiger charge is -2.29. The third kappa shape index (κ3) is 4.94. The Hall–Kier alpha value is -2.57. The van der Waals surface area contributed by atoms with Gasteiger partial charge >= 0.3 is 0 Å². The number of fused-ring (bicyclic) bond motifs is 1. The highest BCUT2D eigenvalue weighted by molar-refractivity contribution is 5.77. The first-order valence-electron chi connectivity index (χ1n) is 10.9. The fourth-order valence-corrected chi connectivity index (χ4v) is 4.29. The molecule has 2 aromatic rings. The van der Waals surface area contributed by atoms with Crippen molar-refractivity contribution in [2.45, 2.75) is 33.4 Å². The van der Waals surface area contributed by atoms with E-state index in [0.29, 0.717) is 13.3 Å². The van der Waals surface area contributed by atoms with Gasteiger partial charge in [-0.15, -0.1) is 0 Å². The predicted octanol–water partition coefficient (Wildman–Crippen LogP) is 0.193. The van der Waals surface area contributed by atoms with Crippen molar-refractivity contribution in [2.75, 3.05) is 39.5 Å². The molecule has 0 radical (unpaired) electrons. The van der Waals surface area contributed by atoms with E-state index in [-0.39, 0.29) is 11.9 Å². The minimum Gasteiger partial charge on any atom is -0.454 e. The van der Waals surface area contributed by atoms with Crippen LogP contribution in [0.5, 0.6) is 11.5 Å². The van der Waals surface area contributed by atoms with Crippen molar-refractivity contribution >= 4 is 5.91 Å². The van der Waals surface area contributed by atoms with Crippen LogP contribution in [-0.4, -0.2) is 45.4 Å². The van der Waals surface area contributed by atoms with Crippen molar-refractivity contribution in [1.29, 1.82) is 0 Å². The van der Waals surface area contributed by atoms with Gasteiger partial charge in [-0.3, -0.25) is 4.79 Å². The van der Waals surface area contributed by atoms with Gasteiger partial charge in [0, 0.05) is 5.56 Å². The van der Waals surface area contributed by atoms with Gasteiger partial charge in [0.1, 0.15) is 32.7 Å². The van der Waals surface area contributed by atoms with Gasteiger partial charge in [-0.1, -0.05) is 18.2 Å². The highest BCUT2D eigenvalue weighted by Gasteiger charge is 2.26. The Kier molecular flexibility index (Phi) is 6.25. The molecule has 6 heteroatoms. The van der Waals surface area contributed by atoms with E-state index in [9.17, 15) is 4.79 Å². The predicted molar refractivity (Wildman–Crippen MR) is 115 cm³/mol. The Balaban J connectivity index is 1.22. The number of quaternary nitrogens is 2. The summed E-state index contributed by atoms with van der Waals surface area (Å²) in [6.45, 7) is 12.3. The molecule has 1 saturated heterocycles. The second kappa shape index (κ2) is 9.06. The van der Waals surface area contributed by atoms with Gasteiger partial charge < -0.3 is 24.6 Å². The number of hydrogen-bond donors (Lipinski definition) is 3. The average molecular weight is 412 g/mol. The molecule has 0 aromatic heterocycles. The molecule has 0 spiro atoms. The second-order valence-electron chi connectivity index (χ2n) is 8.67. The zero-order chi connectivity index (χ0) is 21.1. The van der Waals surface area contributed by atoms with Crippen LogP contribution < -0.4 is 24.6 Å². The summed E-state index contributed by atoms with van der Waals surface area (Å²) in [6, 6.07) is 12.7. The summed E-state index contributed by atoms with van der Waals surface area (Å²) in [4.78, 5) is 15.5. The summed E-state index contributed by atoms with van der Waals surface area (Å²) in [6.07, 6.45) is 0. The molecular weight excluding hydrogens is 378 g/mol. The summed E-state index contributed by atoms with van der Waals surface area (Å²) >= 11 is 0. The number of hydrogen-bond acceptors (Lipinski definition) is 3. The maximum Gasteiger partial charge on any atom is 0.275 e. The Morgan fingerprint density at radius 3 is 2.47 bits per heavy atom. The van der Waals surface area contributed by atoms with Crippen LogP contribution in [0.1, 0.15) is 35.2 Å². The third-order valence-corrected chi connectivity index (χ3v) is 6.37. The van der Waals surface area contributed by atoms with Crippen molar-refractivity contribution in [3.05, 3.63) is 58.7 Å². The highest BCUT2D eigenvalue weighted by atomic mass is 16.7. The van der Waals surface area contributed by atoms with Gasteiger partial charge in [-0.25, -0.2) is 0 Å². The molecule has 160 valence electrons. The zero-order valence-electron chi connectivity index (χ0n) is 18.2. The van der Waals surface area contributed by atoms with Crippen LogP contribution in [0.15, 0.2) is 36.4 Å². The Bertz CT molecular complexity index is 907. The Morgan fingerprint density at radius 1 is 0.967 bits per heavy atom. The minimum absolute atomic E-state index is 0.0362. The number of ether oxygens (including phenoxy) is 2. The number of carbonyl (C=O) groups is 1. The van der Waals surface area contributed by atoms with E-state index in [1.165, 1.54) is 27.2 Å². The van der Waals surface area contributed by atoms with Gasteiger partial charge in [-0.05, 0) is 55.7 Å². The van der Waals surface area contributed by atoms with E-state index in [1.807, 2.05) is 6.07 Å². The molecule has 2 aromatic carbocycles. The second-order valence-corrected chi connectivity index (χ2v) is 8.67. The quantitative estimate of drug-likeness (QED) is 0.636. The SMILES string of the molecule is Cc1ccc([C@@H](C)NC(=O)C[NH+]2CC[NH+](Cc3ccc4c(c3)OCO4)CC2)cc1C. The molecule has 1 atom stereocenters. The lowest BCUT2D eigenvalue weighted by atomic mass is 10.0. The highest BCUT2D eigenvalue weighted by Crippen LogP contribution is 2.32. The Labute approximate surface area is 178 Å². The molecule has 1 amide bonds. The number of benzene rings is 2. The number of rotatable bonds is 6. The molecule has 2 aliphatic rings. The number of amides is 1. The summed E-state index contributed by atoms with van der Waals surface area (Å²) in [5, 5.41) is 3.17. The zero-order valence-corrected chi connectivity index (χ0v) is 18.2. The molecule has 6 nitrogen and oxygen atoms in total. The maximum atomic E-state index is 12.6. The van der Waals surface area contributed by atoms with Crippen molar-refractivity contribution < 1.29 is 24.1 Å². The van der Waals surface area contributed by atoms with Gasteiger partial charge in [0.05, 0.1) is 6.04 Å². The fourth-order valence-electron chi connectivity index (χ4n) is 4.29. The van der Waals surface area contributed by atoms with Gasteiger partial charge in [-0.2, -0.15) is 0 Å². The van der Waals surface area contributed by atoms with Crippen LogP contribution in [0.4, 0.5) is 0 Å². The molecule has 2 heterocycles. The van der Waals surface area contributed by atoms with E-state index in [4.69, 9.17) is 9.47 Å². The van der Waals surface area contributed by atoms with Crippen molar-refractivity contribution in [3.8, 4) is 11.5 Å². The van der Waals surface area contributed by atoms with E-state index in [0.717, 1.165) is 44.2 Å². The van der Waals surface area contributed by atoms with Crippen LogP contribution in [0.25, 0.3) is 0 Å². The molecule has 4 rings (SSSR count). The third-order valence-electron chi connectivity index (χ3n) is 6.37. The fraction of sp³-hybridized carbons (Fsp3) is 0.458. The summed E-state index contributed by atoms with van der Waals surface area (Å²) in [5.74, 6) is 1.82. The monoisotopic (exact) mass is 411 g/mol. The van der Waals surface area contributed by atoms with Crippen molar-refractivity contribution in [3.63, 3.8) is 0 Å². The summed E-state index contributed by atoms with van der Waals surface area (Å²) in [5.41, 5.74) is 4.99. The summed E-state index contributed by atoms with van der Waals surface area (Å²) < 4.78 is 10.9. The number of piperazine rings is 1. The van der Waals surface area contributed by atoms with Crippen LogP contribution >= 0.6 is 0 Å². The number of carbonyl (C=O) groups excluding carboxylic acids is 1. The van der Waals surface area contributed by atoms with Gasteiger partial charge in [0.15, 0.2) is 18.0 Å². The van der Waals surface area contributed by atoms with Gasteiger partial charge in [0.2, 0.25) is 6.79 Å². The lowest BCUT2D eigenvalue weighted by Crippen LogP contribution is -3.28. The minimum atomic E-state index is 0.0362. The van der Waals surface area contributed by atoms with Gasteiger partial charge in [0.25, 0.3) is 5.91 Å². The van der Waals surface area contributed by atoms with Crippen LogP contribution in [0.2, 0.25) is 0 Å². The summed E-state index contributed by atoms with van der Waals surface area (Å²) in [7, 11) is 0. The maximum absolute atomic E-state index is 12.6. The van der Waals surface area contributed by atoms with E-state index in [2.05, 4.69) is 56.4 Å². The van der Waals surface area contributed by atoms with Crippen molar-refractivity contribution in [2.24, 2.45) is 0 Å². The molecule has 2 aliphatic heterocycles. The molecule has 0 unspecified atom stereocenters. The Morgan fingerprint density at radius 2 is 1.70 bits per heavy atom. The average Bonchev–Trinajstić information content (AvgIpc) is 3.19. The van der Waals surface area contributed by atoms with E-state index in [1.54, 1.807) is 4.90 Å². The molecule has 1 fully saturated rings. The molecular formula is C24H33N3O3+2. The lowest BCUT2D eigenvalue weighted by molar-refractivity contribution is -1.02. The topological polar surface area (TPSA) is 56.4 Å². The molecule has 0 saturated carbocycles. The molecule has 30 heavy (non-hydrogen) atoms. The number of aryl methyl sites for hydroxylation is 2. The smallest absolute Gasteiger partial charge is 0.275 e. The normalized spacial score (nSPS) is 21.3. The van der Waals surface area contributed by atoms with Crippen LogP contribution in [-0.2, 0) is 11.3 Å². The first kappa shape index (κ1) is 20.7. The first-order chi connectivity index (χ1) is 14.5. The van der Waals surface area contributed by atoms with Crippen LogP contribution in [0.3, 0.4) is 0 Å². The van der Waals surface area contributed by atoms with Crippen molar-refractivity contribution in [1.82, 2.24) is 5.32 Å². The van der Waals surface area contributed by atoms with E-state index >= 15 is 0 Å². The first-order valence-corrected chi connectivity index (χ1v) is 10.9. The molecule has 0 bridgehead atoms. The molecule has 3 N–H and O–H groups in total. The largest absolute Gasteiger partial charge is 0.454 e. The number of nitrogens with one attached hydrogen (secondary N) is 3. The standard InChI is InChI=1S/C24H31N3O3/c1-17-4-6-21(12-18(17)2)19(3)25-24(28)15-27-10-8-26(9-11-27)14-20-5-7-22-23(13-20)30-16-29-22/h4-7,12-13,19H,8-11,14-16H2,1-3H3,(H,25,28)/p+2/t19-/m1/s1. The van der Waals surface area contributed by atoms with E-state index < -0.39 is 0 Å². The molecule has 0 aliphatic carbocycles.